The third-order valence-electron chi connectivity index (χ3n) is 2.51. The van der Waals surface area contributed by atoms with Gasteiger partial charge in [0, 0.05) is 18.5 Å². The molecule has 0 fully saturated rings. The lowest BCUT2D eigenvalue weighted by Crippen LogP contribution is -2.43. The average Bonchev–Trinajstić information content (AvgIpc) is 2.25. The van der Waals surface area contributed by atoms with E-state index in [4.69, 9.17) is 10.5 Å². The summed E-state index contributed by atoms with van der Waals surface area (Å²) in [5.74, 6) is -0.470. The minimum atomic E-state index is -0.375. The van der Waals surface area contributed by atoms with Gasteiger partial charge in [-0.05, 0) is 27.2 Å². The Labute approximate surface area is 103 Å². The molecule has 17 heavy (non-hydrogen) atoms. The second kappa shape index (κ2) is 8.06. The van der Waals surface area contributed by atoms with Crippen molar-refractivity contribution in [1.29, 1.82) is 0 Å². The highest BCUT2D eigenvalue weighted by Gasteiger charge is 2.21. The van der Waals surface area contributed by atoms with Crippen molar-refractivity contribution >= 4 is 11.9 Å². The first-order valence-corrected chi connectivity index (χ1v) is 6.12. The molecule has 0 rings (SSSR count). The van der Waals surface area contributed by atoms with E-state index >= 15 is 0 Å². The first-order chi connectivity index (χ1) is 7.92. The topological polar surface area (TPSA) is 72.6 Å². The van der Waals surface area contributed by atoms with E-state index in [1.165, 1.54) is 4.90 Å². The van der Waals surface area contributed by atoms with Crippen LogP contribution in [-0.4, -0.2) is 42.0 Å². The van der Waals surface area contributed by atoms with E-state index in [9.17, 15) is 9.59 Å². The zero-order chi connectivity index (χ0) is 13.4. The van der Waals surface area contributed by atoms with Gasteiger partial charge in [-0.2, -0.15) is 0 Å². The molecular weight excluding hydrogens is 220 g/mol. The predicted molar refractivity (Wildman–Crippen MR) is 66.4 cm³/mol. The Morgan fingerprint density at radius 2 is 1.88 bits per heavy atom. The van der Waals surface area contributed by atoms with Gasteiger partial charge in [-0.15, -0.1) is 0 Å². The lowest BCUT2D eigenvalue weighted by molar-refractivity contribution is -0.150. The molecule has 0 heterocycles. The van der Waals surface area contributed by atoms with Gasteiger partial charge >= 0.3 is 5.97 Å². The van der Waals surface area contributed by atoms with Gasteiger partial charge in [-0.1, -0.05) is 6.92 Å². The van der Waals surface area contributed by atoms with E-state index < -0.39 is 0 Å². The Morgan fingerprint density at radius 1 is 1.29 bits per heavy atom. The Bertz CT molecular complexity index is 254. The van der Waals surface area contributed by atoms with Crippen LogP contribution in [0.25, 0.3) is 0 Å². The van der Waals surface area contributed by atoms with Crippen LogP contribution in [0.3, 0.4) is 0 Å². The molecule has 100 valence electrons. The highest BCUT2D eigenvalue weighted by molar-refractivity contribution is 5.82. The Morgan fingerprint density at radius 3 is 2.29 bits per heavy atom. The number of amides is 1. The highest BCUT2D eigenvalue weighted by Crippen LogP contribution is 2.05. The highest BCUT2D eigenvalue weighted by atomic mass is 16.5. The van der Waals surface area contributed by atoms with Crippen molar-refractivity contribution in [3.05, 3.63) is 0 Å². The van der Waals surface area contributed by atoms with E-state index in [0.29, 0.717) is 6.61 Å². The molecule has 5 nitrogen and oxygen atoms in total. The van der Waals surface area contributed by atoms with Gasteiger partial charge < -0.3 is 15.4 Å². The first-order valence-electron chi connectivity index (χ1n) is 6.12. The molecule has 2 N–H and O–H groups in total. The smallest absolute Gasteiger partial charge is 0.325 e. The summed E-state index contributed by atoms with van der Waals surface area (Å²) in [5.41, 5.74) is 5.74. The van der Waals surface area contributed by atoms with Crippen LogP contribution in [0, 0.1) is 0 Å². The van der Waals surface area contributed by atoms with Crippen molar-refractivity contribution in [2.45, 2.75) is 52.6 Å². The summed E-state index contributed by atoms with van der Waals surface area (Å²) in [6.07, 6.45) is 1.02. The normalized spacial score (nSPS) is 12.4. The summed E-state index contributed by atoms with van der Waals surface area (Å²) < 4.78 is 4.84. The third-order valence-corrected chi connectivity index (χ3v) is 2.51. The summed E-state index contributed by atoms with van der Waals surface area (Å²) in [7, 11) is 0. The van der Waals surface area contributed by atoms with Crippen LogP contribution >= 0.6 is 0 Å². The maximum atomic E-state index is 11.9. The number of nitrogens with zero attached hydrogens (tertiary/aromatic N) is 1. The number of esters is 1. The fraction of sp³-hybridized carbons (Fsp3) is 0.833. The third kappa shape index (κ3) is 6.26. The molecule has 0 aromatic rings. The van der Waals surface area contributed by atoms with Crippen LogP contribution in [0.5, 0.6) is 0 Å². The monoisotopic (exact) mass is 244 g/mol. The van der Waals surface area contributed by atoms with Crippen molar-refractivity contribution in [2.24, 2.45) is 5.73 Å². The van der Waals surface area contributed by atoms with Gasteiger partial charge in [0.05, 0.1) is 6.61 Å². The maximum absolute atomic E-state index is 11.9. The number of carbonyl (C=O) groups is 2. The van der Waals surface area contributed by atoms with Crippen molar-refractivity contribution in [3.8, 4) is 0 Å². The predicted octanol–water partition coefficient (Wildman–Crippen LogP) is 0.914. The summed E-state index contributed by atoms with van der Waals surface area (Å²) in [5, 5.41) is 0. The fourth-order valence-corrected chi connectivity index (χ4v) is 1.39. The van der Waals surface area contributed by atoms with Crippen molar-refractivity contribution in [3.63, 3.8) is 0 Å². The number of rotatable bonds is 7. The van der Waals surface area contributed by atoms with Gasteiger partial charge in [-0.25, -0.2) is 0 Å². The largest absolute Gasteiger partial charge is 0.465 e. The summed E-state index contributed by atoms with van der Waals surface area (Å²) in [4.78, 5) is 24.8. The van der Waals surface area contributed by atoms with Crippen LogP contribution in [0.1, 0.15) is 40.5 Å². The van der Waals surface area contributed by atoms with Crippen molar-refractivity contribution < 1.29 is 14.3 Å². The molecule has 1 unspecified atom stereocenters. The molecule has 0 aliphatic rings. The van der Waals surface area contributed by atoms with E-state index in [1.54, 1.807) is 6.92 Å². The Balaban J connectivity index is 4.41. The zero-order valence-corrected chi connectivity index (χ0v) is 11.2. The Hall–Kier alpha value is -1.10. The number of hydrogen-bond acceptors (Lipinski definition) is 4. The molecule has 5 heteroatoms. The van der Waals surface area contributed by atoms with Crippen LogP contribution in [-0.2, 0) is 14.3 Å². The molecule has 0 radical (unpaired) electrons. The summed E-state index contributed by atoms with van der Waals surface area (Å²) >= 11 is 0. The van der Waals surface area contributed by atoms with E-state index in [1.807, 2.05) is 20.8 Å². The number of carbonyl (C=O) groups excluding carboxylic acids is 2. The maximum Gasteiger partial charge on any atom is 0.325 e. The van der Waals surface area contributed by atoms with Crippen molar-refractivity contribution in [1.82, 2.24) is 4.90 Å². The van der Waals surface area contributed by atoms with Crippen LogP contribution in [0.15, 0.2) is 0 Å². The van der Waals surface area contributed by atoms with Gasteiger partial charge in [0.1, 0.15) is 6.54 Å². The molecule has 0 aliphatic carbocycles. The molecule has 0 spiro atoms. The minimum absolute atomic E-state index is 0.000768. The lowest BCUT2D eigenvalue weighted by atomic mass is 10.1. The standard InChI is InChI=1S/C12H24N2O3/c1-5-10(13)7-11(15)14(9(3)4)8-12(16)17-6-2/h9-10H,5-8,13H2,1-4H3. The van der Waals surface area contributed by atoms with Gasteiger partial charge in [-0.3, -0.25) is 9.59 Å². The molecule has 0 saturated carbocycles. The average molecular weight is 244 g/mol. The molecular formula is C12H24N2O3. The molecule has 0 aromatic carbocycles. The zero-order valence-electron chi connectivity index (χ0n) is 11.2. The van der Waals surface area contributed by atoms with Gasteiger partial charge in [0.15, 0.2) is 0 Å². The van der Waals surface area contributed by atoms with Crippen LogP contribution < -0.4 is 5.73 Å². The number of ether oxygens (including phenoxy) is 1. The molecule has 1 amide bonds. The quantitative estimate of drug-likeness (QED) is 0.676. The van der Waals surface area contributed by atoms with E-state index in [2.05, 4.69) is 0 Å². The van der Waals surface area contributed by atoms with Gasteiger partial charge in [0.2, 0.25) is 5.91 Å². The molecule has 0 bridgehead atoms. The van der Waals surface area contributed by atoms with Crippen LogP contribution in [0.4, 0.5) is 0 Å². The molecule has 1 atom stereocenters. The molecule has 0 aromatic heterocycles. The van der Waals surface area contributed by atoms with Crippen molar-refractivity contribution in [2.75, 3.05) is 13.2 Å². The SMILES string of the molecule is CCOC(=O)CN(C(=O)CC(N)CC)C(C)C. The summed E-state index contributed by atoms with van der Waals surface area (Å²) in [6.45, 7) is 7.74. The first kappa shape index (κ1) is 15.9. The summed E-state index contributed by atoms with van der Waals surface area (Å²) in [6, 6.07) is -0.179. The van der Waals surface area contributed by atoms with E-state index in [-0.39, 0.29) is 36.9 Å². The van der Waals surface area contributed by atoms with Crippen LogP contribution in [0.2, 0.25) is 0 Å². The number of hydrogen-bond donors (Lipinski definition) is 1. The number of nitrogens with two attached hydrogens (primary N) is 1. The van der Waals surface area contributed by atoms with Gasteiger partial charge in [0.25, 0.3) is 0 Å². The fourth-order valence-electron chi connectivity index (χ4n) is 1.39. The lowest BCUT2D eigenvalue weighted by Gasteiger charge is -2.26. The van der Waals surface area contributed by atoms with E-state index in [0.717, 1.165) is 6.42 Å². The second-order valence-corrected chi connectivity index (χ2v) is 4.29. The molecule has 0 saturated heterocycles. The molecule has 0 aliphatic heterocycles. The second-order valence-electron chi connectivity index (χ2n) is 4.29. The Kier molecular flexibility index (Phi) is 7.54. The minimum Gasteiger partial charge on any atom is -0.465 e.